The van der Waals surface area contributed by atoms with Gasteiger partial charge in [0, 0.05) is 13.0 Å². The normalized spacial score (nSPS) is 20.7. The molecule has 0 aromatic heterocycles. The third kappa shape index (κ3) is 4.03. The first-order valence-electron chi connectivity index (χ1n) is 6.93. The molecule has 0 saturated carbocycles. The van der Waals surface area contributed by atoms with E-state index in [-0.39, 0.29) is 24.5 Å². The van der Waals surface area contributed by atoms with E-state index in [0.717, 1.165) is 0 Å². The number of aliphatic hydroxyl groups is 1. The molecule has 2 rings (SSSR count). The van der Waals surface area contributed by atoms with Crippen LogP contribution in [0.5, 0.6) is 0 Å². The van der Waals surface area contributed by atoms with Crippen LogP contribution in [0.2, 0.25) is 0 Å². The first-order chi connectivity index (χ1) is 10.1. The van der Waals surface area contributed by atoms with Crippen LogP contribution in [-0.4, -0.2) is 30.3 Å². The Bertz CT molecular complexity index is 577. The van der Waals surface area contributed by atoms with E-state index in [2.05, 4.69) is 17.2 Å². The summed E-state index contributed by atoms with van der Waals surface area (Å²) in [4.78, 5) is 12.2. The fraction of sp³-hybridized carbons (Fsp3) is 0.438. The maximum atomic E-state index is 13.3. The van der Waals surface area contributed by atoms with E-state index in [4.69, 9.17) is 9.84 Å². The summed E-state index contributed by atoms with van der Waals surface area (Å²) in [6.45, 7) is 2.39. The summed E-state index contributed by atoms with van der Waals surface area (Å²) in [5.41, 5.74) is 0.884. The van der Waals surface area contributed by atoms with Crippen LogP contribution in [0.3, 0.4) is 0 Å². The Hall–Kier alpha value is -1.90. The first kappa shape index (κ1) is 15.5. The van der Waals surface area contributed by atoms with E-state index in [1.807, 2.05) is 6.92 Å². The van der Waals surface area contributed by atoms with Crippen LogP contribution in [0.25, 0.3) is 0 Å². The van der Waals surface area contributed by atoms with Crippen molar-refractivity contribution in [3.8, 4) is 11.8 Å². The van der Waals surface area contributed by atoms with E-state index in [1.165, 1.54) is 18.2 Å². The second kappa shape index (κ2) is 7.21. The SMILES string of the molecule is CC1OCCC1C(=O)Nc1ccc(F)cc1C#CCCO. The van der Waals surface area contributed by atoms with Gasteiger partial charge in [0.25, 0.3) is 0 Å². The molecule has 2 atom stereocenters. The molecule has 112 valence electrons. The van der Waals surface area contributed by atoms with E-state index >= 15 is 0 Å². The zero-order chi connectivity index (χ0) is 15.2. The second-order valence-electron chi connectivity index (χ2n) is 4.93. The van der Waals surface area contributed by atoms with Gasteiger partial charge in [0.05, 0.1) is 29.9 Å². The first-order valence-corrected chi connectivity index (χ1v) is 6.93. The van der Waals surface area contributed by atoms with Crippen LogP contribution in [0.15, 0.2) is 18.2 Å². The summed E-state index contributed by atoms with van der Waals surface area (Å²) < 4.78 is 18.7. The predicted molar refractivity (Wildman–Crippen MR) is 77.1 cm³/mol. The fourth-order valence-corrected chi connectivity index (χ4v) is 2.24. The quantitative estimate of drug-likeness (QED) is 0.837. The maximum Gasteiger partial charge on any atom is 0.230 e. The average Bonchev–Trinajstić information content (AvgIpc) is 2.88. The van der Waals surface area contributed by atoms with Crippen LogP contribution < -0.4 is 5.32 Å². The van der Waals surface area contributed by atoms with Crippen LogP contribution in [0.4, 0.5) is 10.1 Å². The van der Waals surface area contributed by atoms with Gasteiger partial charge in [-0.1, -0.05) is 11.8 Å². The summed E-state index contributed by atoms with van der Waals surface area (Å²) in [5.74, 6) is 4.73. The van der Waals surface area contributed by atoms with Crippen molar-refractivity contribution in [2.24, 2.45) is 5.92 Å². The number of hydrogen-bond donors (Lipinski definition) is 2. The Kier molecular flexibility index (Phi) is 5.32. The molecule has 5 heteroatoms. The summed E-state index contributed by atoms with van der Waals surface area (Å²) in [6.07, 6.45) is 0.867. The Labute approximate surface area is 123 Å². The molecule has 0 aliphatic carbocycles. The van der Waals surface area contributed by atoms with Crippen LogP contribution in [-0.2, 0) is 9.53 Å². The number of anilines is 1. The molecule has 4 nitrogen and oxygen atoms in total. The van der Waals surface area contributed by atoms with Gasteiger partial charge in [-0.2, -0.15) is 0 Å². The smallest absolute Gasteiger partial charge is 0.230 e. The molecule has 1 aliphatic heterocycles. The molecule has 2 N–H and O–H groups in total. The number of halogens is 1. The number of rotatable bonds is 3. The van der Waals surface area contributed by atoms with Gasteiger partial charge < -0.3 is 15.2 Å². The molecule has 1 amide bonds. The Balaban J connectivity index is 2.15. The number of benzene rings is 1. The Morgan fingerprint density at radius 3 is 3.05 bits per heavy atom. The number of hydrogen-bond acceptors (Lipinski definition) is 3. The molecule has 2 unspecified atom stereocenters. The zero-order valence-corrected chi connectivity index (χ0v) is 11.9. The highest BCUT2D eigenvalue weighted by molar-refractivity contribution is 5.94. The topological polar surface area (TPSA) is 58.6 Å². The maximum absolute atomic E-state index is 13.3. The minimum absolute atomic E-state index is 0.0546. The van der Waals surface area contributed by atoms with Crippen LogP contribution >= 0.6 is 0 Å². The lowest BCUT2D eigenvalue weighted by molar-refractivity contribution is -0.121. The van der Waals surface area contributed by atoms with Crippen molar-refractivity contribution in [3.05, 3.63) is 29.6 Å². The summed E-state index contributed by atoms with van der Waals surface area (Å²) in [7, 11) is 0. The summed E-state index contributed by atoms with van der Waals surface area (Å²) in [5, 5.41) is 11.5. The van der Waals surface area contributed by atoms with Crippen molar-refractivity contribution >= 4 is 11.6 Å². The van der Waals surface area contributed by atoms with Gasteiger partial charge in [0.15, 0.2) is 0 Å². The molecule has 1 heterocycles. The highest BCUT2D eigenvalue weighted by Gasteiger charge is 2.30. The highest BCUT2D eigenvalue weighted by atomic mass is 19.1. The number of ether oxygens (including phenoxy) is 1. The average molecular weight is 291 g/mol. The van der Waals surface area contributed by atoms with Gasteiger partial charge >= 0.3 is 0 Å². The lowest BCUT2D eigenvalue weighted by atomic mass is 10.0. The lowest BCUT2D eigenvalue weighted by Crippen LogP contribution is -2.28. The van der Waals surface area contributed by atoms with E-state index in [9.17, 15) is 9.18 Å². The molecule has 0 spiro atoms. The van der Waals surface area contributed by atoms with Crippen molar-refractivity contribution in [2.45, 2.75) is 25.9 Å². The van der Waals surface area contributed by atoms with Crippen molar-refractivity contribution in [1.82, 2.24) is 0 Å². The number of carbonyl (C=O) groups excluding carboxylic acids is 1. The summed E-state index contributed by atoms with van der Waals surface area (Å²) >= 11 is 0. The van der Waals surface area contributed by atoms with E-state index < -0.39 is 5.82 Å². The third-order valence-electron chi connectivity index (χ3n) is 3.41. The largest absolute Gasteiger partial charge is 0.395 e. The Morgan fingerprint density at radius 1 is 1.57 bits per heavy atom. The molecule has 1 aromatic carbocycles. The molecule has 21 heavy (non-hydrogen) atoms. The molecular formula is C16H18FNO3. The highest BCUT2D eigenvalue weighted by Crippen LogP contribution is 2.23. The number of carbonyl (C=O) groups is 1. The van der Waals surface area contributed by atoms with Gasteiger partial charge in [-0.05, 0) is 31.5 Å². The molecule has 1 fully saturated rings. The van der Waals surface area contributed by atoms with E-state index in [0.29, 0.717) is 30.7 Å². The van der Waals surface area contributed by atoms with Crippen LogP contribution in [0.1, 0.15) is 25.3 Å². The van der Waals surface area contributed by atoms with Crippen molar-refractivity contribution < 1.29 is 19.0 Å². The fourth-order valence-electron chi connectivity index (χ4n) is 2.24. The molecule has 0 radical (unpaired) electrons. The van der Waals surface area contributed by atoms with Crippen LogP contribution in [0, 0.1) is 23.6 Å². The van der Waals surface area contributed by atoms with E-state index in [1.54, 1.807) is 0 Å². The van der Waals surface area contributed by atoms with Crippen molar-refractivity contribution in [3.63, 3.8) is 0 Å². The monoisotopic (exact) mass is 291 g/mol. The van der Waals surface area contributed by atoms with Crippen molar-refractivity contribution in [2.75, 3.05) is 18.5 Å². The Morgan fingerprint density at radius 2 is 2.38 bits per heavy atom. The molecule has 1 aliphatic rings. The van der Waals surface area contributed by atoms with Gasteiger partial charge in [-0.3, -0.25) is 4.79 Å². The molecule has 0 bridgehead atoms. The third-order valence-corrected chi connectivity index (χ3v) is 3.41. The molecule has 1 saturated heterocycles. The van der Waals surface area contributed by atoms with Gasteiger partial charge in [-0.15, -0.1) is 0 Å². The molecule has 1 aromatic rings. The second-order valence-corrected chi connectivity index (χ2v) is 4.93. The van der Waals surface area contributed by atoms with Gasteiger partial charge in [0.1, 0.15) is 5.82 Å². The minimum atomic E-state index is -0.418. The van der Waals surface area contributed by atoms with Gasteiger partial charge in [-0.25, -0.2) is 4.39 Å². The number of amides is 1. The van der Waals surface area contributed by atoms with Crippen molar-refractivity contribution in [1.29, 1.82) is 0 Å². The predicted octanol–water partition coefficient (Wildman–Crippen LogP) is 1.92. The number of aliphatic hydroxyl groups excluding tert-OH is 1. The van der Waals surface area contributed by atoms with Gasteiger partial charge in [0.2, 0.25) is 5.91 Å². The zero-order valence-electron chi connectivity index (χ0n) is 11.9. The minimum Gasteiger partial charge on any atom is -0.395 e. The molecular weight excluding hydrogens is 273 g/mol. The number of nitrogens with one attached hydrogen (secondary N) is 1. The standard InChI is InChI=1S/C16H18FNO3/c1-11-14(7-9-21-11)16(20)18-15-6-5-13(17)10-12(15)4-2-3-8-19/h5-6,10-11,14,19H,3,7-9H2,1H3,(H,18,20). The lowest BCUT2D eigenvalue weighted by Gasteiger charge is -2.15. The summed E-state index contributed by atoms with van der Waals surface area (Å²) in [6, 6.07) is 4.05.